The summed E-state index contributed by atoms with van der Waals surface area (Å²) < 4.78 is 0. The van der Waals surface area contributed by atoms with E-state index in [0.29, 0.717) is 24.3 Å². The average Bonchev–Trinajstić information content (AvgIpc) is 3.51. The molecule has 0 aromatic heterocycles. The molecule has 12 atom stereocenters. The number of amides is 11. The van der Waals surface area contributed by atoms with E-state index < -0.39 is 145 Å². The molecule has 0 spiro atoms. The Morgan fingerprint density at radius 2 is 1.11 bits per heavy atom. The Bertz CT molecular complexity index is 2290. The first kappa shape index (κ1) is 73.2. The normalized spacial score (nSPS) is 22.7. The molecule has 0 aliphatic carbocycles. The molecule has 0 bridgehead atoms. The number of hydrogen-bond donors (Lipinski definition) is 18. The van der Waals surface area contributed by atoms with Gasteiger partial charge in [-0.3, -0.25) is 52.7 Å². The van der Waals surface area contributed by atoms with E-state index in [-0.39, 0.29) is 89.5 Å². The Balaban J connectivity index is 2.62. The number of benzene rings is 1. The fraction of sp³-hybridized carbons (Fsp3) is 0.691. The van der Waals surface area contributed by atoms with Gasteiger partial charge in [0, 0.05) is 25.9 Å². The molecule has 2 rings (SSSR count). The number of carbonyl (C=O) groups is 11. The Morgan fingerprint density at radius 3 is 1.63 bits per heavy atom. The lowest BCUT2D eigenvalue weighted by Gasteiger charge is -2.28. The molecule has 23 N–H and O–H groups in total. The highest BCUT2D eigenvalue weighted by Gasteiger charge is 2.37. The standard InChI is InChI=1S/C55H96N16O13/c1-30(2)12-10-11-15-43(74)61-26-20-35(60)46(75)70-45(33(6)73)55(84)67-38(18-24-58)48(77)66-40-21-27-62-54(83)44(32(5)72)71-51(80)39(19-25-59)64-47(76)36(16-22-56)65-52(81)41(28-31(3)4)68-53(82)42(29-34-13-8-7-9-14-34)69-49(78)37(17-23-57)63-50(40)79/h7-9,13-14,30-33,35-42,44-45,72-73H,10-12,15-29,56-60H2,1-6H3,(H,61,74)(H,62,83)(H,63,79)(H,64,76)(H,65,81)(H,66,77)(H,67,84)(H,68,82)(H,69,78)(H,70,75)(H,71,80). The van der Waals surface area contributed by atoms with Gasteiger partial charge in [0.2, 0.25) is 65.0 Å². The van der Waals surface area contributed by atoms with Gasteiger partial charge < -0.3 is 97.4 Å². The van der Waals surface area contributed by atoms with Crippen LogP contribution in [0, 0.1) is 11.8 Å². The van der Waals surface area contributed by atoms with Crippen LogP contribution in [0.15, 0.2) is 30.3 Å². The number of hydrogen-bond acceptors (Lipinski definition) is 18. The second-order valence-corrected chi connectivity index (χ2v) is 22.0. The summed E-state index contributed by atoms with van der Waals surface area (Å²) in [7, 11) is 0. The van der Waals surface area contributed by atoms with Gasteiger partial charge >= 0.3 is 0 Å². The lowest BCUT2D eigenvalue weighted by Crippen LogP contribution is -2.62. The molecule has 84 heavy (non-hydrogen) atoms. The van der Waals surface area contributed by atoms with E-state index in [9.17, 15) is 63.0 Å². The molecule has 0 radical (unpaired) electrons. The third kappa shape index (κ3) is 26.8. The summed E-state index contributed by atoms with van der Waals surface area (Å²) in [6, 6.07) is -6.21. The molecule has 1 aliphatic rings. The van der Waals surface area contributed by atoms with E-state index in [1.54, 1.807) is 44.2 Å². The minimum Gasteiger partial charge on any atom is -0.391 e. The van der Waals surface area contributed by atoms with Crippen LogP contribution in [0.2, 0.25) is 0 Å². The maximum atomic E-state index is 14.5. The predicted molar refractivity (Wildman–Crippen MR) is 312 cm³/mol. The third-order valence-corrected chi connectivity index (χ3v) is 13.6. The summed E-state index contributed by atoms with van der Waals surface area (Å²) in [6.07, 6.45) is -1.60. The van der Waals surface area contributed by atoms with Crippen molar-refractivity contribution in [2.24, 2.45) is 40.5 Å². The minimum absolute atomic E-state index is 0.0181. The summed E-state index contributed by atoms with van der Waals surface area (Å²) in [5.74, 6) is -9.22. The molecule has 0 saturated carbocycles. The van der Waals surface area contributed by atoms with Crippen molar-refractivity contribution >= 4 is 65.0 Å². The Kier molecular flexibility index (Phi) is 33.9. The number of carbonyl (C=O) groups excluding carboxylic acids is 11. The number of rotatable bonds is 28. The SMILES string of the molecule is CC(C)CCCCC(=O)NCCC(N)C(=O)NC(C(=O)NC(CCN)C(=O)NC1CCNC(=O)C(C(C)O)NC(=O)C(CCN)NC(=O)C(CCN)NC(=O)C(CC(C)C)NC(=O)C(Cc2ccccc2)NC(=O)C(CCN)NC1=O)C(C)O. The zero-order chi connectivity index (χ0) is 63.1. The molecule has 29 nitrogen and oxygen atoms in total. The smallest absolute Gasteiger partial charge is 0.245 e. The molecule has 1 heterocycles. The zero-order valence-corrected chi connectivity index (χ0v) is 49.5. The minimum atomic E-state index is -1.68. The van der Waals surface area contributed by atoms with Gasteiger partial charge in [-0.1, -0.05) is 70.9 Å². The molecule has 11 amide bonds. The number of unbranched alkanes of at least 4 members (excludes halogenated alkanes) is 1. The number of nitrogens with one attached hydrogen (secondary N) is 11. The van der Waals surface area contributed by atoms with Crippen LogP contribution in [-0.2, 0) is 59.2 Å². The lowest BCUT2D eigenvalue weighted by atomic mass is 10.00. The van der Waals surface area contributed by atoms with Gasteiger partial charge in [-0.2, -0.15) is 0 Å². The molecule has 474 valence electrons. The van der Waals surface area contributed by atoms with Crippen LogP contribution in [-0.4, -0.2) is 187 Å². The first-order valence-corrected chi connectivity index (χ1v) is 29.0. The van der Waals surface area contributed by atoms with Crippen LogP contribution in [0.4, 0.5) is 0 Å². The van der Waals surface area contributed by atoms with Crippen molar-refractivity contribution < 1.29 is 63.0 Å². The Hall–Kier alpha value is -6.89. The molecule has 1 saturated heterocycles. The van der Waals surface area contributed by atoms with Gasteiger partial charge in [-0.15, -0.1) is 0 Å². The first-order valence-electron chi connectivity index (χ1n) is 29.0. The highest BCUT2D eigenvalue weighted by Crippen LogP contribution is 2.12. The summed E-state index contributed by atoms with van der Waals surface area (Å²) in [4.78, 5) is 152. The van der Waals surface area contributed by atoms with E-state index in [4.69, 9.17) is 28.7 Å². The maximum Gasteiger partial charge on any atom is 0.245 e. The monoisotopic (exact) mass is 1190 g/mol. The van der Waals surface area contributed by atoms with E-state index >= 15 is 0 Å². The van der Waals surface area contributed by atoms with Gasteiger partial charge in [0.05, 0.1) is 18.2 Å². The molecule has 12 unspecified atom stereocenters. The van der Waals surface area contributed by atoms with Crippen LogP contribution < -0.4 is 87.2 Å². The van der Waals surface area contributed by atoms with E-state index in [1.165, 1.54) is 13.8 Å². The highest BCUT2D eigenvalue weighted by atomic mass is 16.3. The van der Waals surface area contributed by atoms with Gasteiger partial charge in [-0.25, -0.2) is 0 Å². The molecule has 1 aromatic rings. The van der Waals surface area contributed by atoms with Crippen molar-refractivity contribution in [2.45, 2.75) is 191 Å². The summed E-state index contributed by atoms with van der Waals surface area (Å²) in [6.45, 7) is 9.08. The van der Waals surface area contributed by atoms with Crippen molar-refractivity contribution in [1.82, 2.24) is 58.5 Å². The number of aliphatic hydroxyl groups is 2. The van der Waals surface area contributed by atoms with Crippen molar-refractivity contribution in [1.29, 1.82) is 0 Å². The molecule has 1 aromatic carbocycles. The number of aliphatic hydroxyl groups excluding tert-OH is 2. The molecule has 1 aliphatic heterocycles. The van der Waals surface area contributed by atoms with E-state index in [1.807, 2.05) is 0 Å². The first-order chi connectivity index (χ1) is 39.8. The lowest BCUT2D eigenvalue weighted by molar-refractivity contribution is -0.136. The van der Waals surface area contributed by atoms with Crippen molar-refractivity contribution in [2.75, 3.05) is 39.3 Å². The summed E-state index contributed by atoms with van der Waals surface area (Å²) in [5, 5.41) is 49.5. The van der Waals surface area contributed by atoms with Crippen LogP contribution >= 0.6 is 0 Å². The second-order valence-electron chi connectivity index (χ2n) is 22.0. The van der Waals surface area contributed by atoms with Crippen LogP contribution in [0.5, 0.6) is 0 Å². The number of nitrogens with two attached hydrogens (primary N) is 5. The molecule has 29 heteroatoms. The van der Waals surface area contributed by atoms with Crippen molar-refractivity contribution in [3.8, 4) is 0 Å². The molecule has 1 fully saturated rings. The quantitative estimate of drug-likeness (QED) is 0.0348. The average molecular weight is 1190 g/mol. The van der Waals surface area contributed by atoms with Gasteiger partial charge in [0.25, 0.3) is 0 Å². The molecular weight excluding hydrogens is 1090 g/mol. The molecular formula is C55H96N16O13. The van der Waals surface area contributed by atoms with Crippen molar-refractivity contribution in [3.05, 3.63) is 35.9 Å². The topological polar surface area (TPSA) is 491 Å². The van der Waals surface area contributed by atoms with Crippen LogP contribution in [0.3, 0.4) is 0 Å². The van der Waals surface area contributed by atoms with Gasteiger partial charge in [0.15, 0.2) is 0 Å². The van der Waals surface area contributed by atoms with Gasteiger partial charge in [0.1, 0.15) is 54.4 Å². The zero-order valence-electron chi connectivity index (χ0n) is 49.5. The predicted octanol–water partition coefficient (Wildman–Crippen LogP) is -5.63. The fourth-order valence-corrected chi connectivity index (χ4v) is 8.87. The van der Waals surface area contributed by atoms with Crippen molar-refractivity contribution in [3.63, 3.8) is 0 Å². The largest absolute Gasteiger partial charge is 0.391 e. The van der Waals surface area contributed by atoms with Crippen LogP contribution in [0.1, 0.15) is 118 Å². The van der Waals surface area contributed by atoms with Crippen LogP contribution in [0.25, 0.3) is 0 Å². The van der Waals surface area contributed by atoms with Gasteiger partial charge in [-0.05, 0) is 109 Å². The highest BCUT2D eigenvalue weighted by molar-refractivity contribution is 5.99. The Labute approximate surface area is 491 Å². The van der Waals surface area contributed by atoms with E-state index in [0.717, 1.165) is 12.8 Å². The van der Waals surface area contributed by atoms with E-state index in [2.05, 4.69) is 72.3 Å². The maximum absolute atomic E-state index is 14.5. The third-order valence-electron chi connectivity index (χ3n) is 13.6. The fourth-order valence-electron chi connectivity index (χ4n) is 8.87. The summed E-state index contributed by atoms with van der Waals surface area (Å²) >= 11 is 0. The second kappa shape index (κ2) is 38.9. The summed E-state index contributed by atoms with van der Waals surface area (Å²) in [5.41, 5.74) is 30.2. The Morgan fingerprint density at radius 1 is 0.583 bits per heavy atom.